The second-order valence-corrected chi connectivity index (χ2v) is 7.59. The summed E-state index contributed by atoms with van der Waals surface area (Å²) in [4.78, 5) is 12.0. The van der Waals surface area contributed by atoms with Gasteiger partial charge < -0.3 is 10.5 Å². The van der Waals surface area contributed by atoms with Crippen LogP contribution in [0.1, 0.15) is 24.2 Å². The molecule has 1 amide bonds. The van der Waals surface area contributed by atoms with E-state index in [2.05, 4.69) is 5.32 Å². The highest BCUT2D eigenvalue weighted by Gasteiger charge is 2.28. The molecule has 0 unspecified atom stereocenters. The monoisotopic (exact) mass is 338 g/mol. The van der Waals surface area contributed by atoms with Crippen molar-refractivity contribution in [3.63, 3.8) is 0 Å². The van der Waals surface area contributed by atoms with Gasteiger partial charge in [0.05, 0.1) is 5.25 Å². The minimum atomic E-state index is -3.74. The van der Waals surface area contributed by atoms with E-state index in [0.717, 1.165) is 12.3 Å². The Hall–Kier alpha value is -2.48. The highest BCUT2D eigenvalue weighted by atomic mass is 32.2. The number of hydrogen-bond donors (Lipinski definition) is 1. The highest BCUT2D eigenvalue weighted by Crippen LogP contribution is 2.14. The zero-order valence-electron chi connectivity index (χ0n) is 12.5. The molecule has 0 bridgehead atoms. The van der Waals surface area contributed by atoms with Crippen LogP contribution in [0, 0.1) is 11.0 Å². The molecule has 0 atom stereocenters. The van der Waals surface area contributed by atoms with Crippen LogP contribution in [0.25, 0.3) is 0 Å². The molecule has 0 spiro atoms. The Bertz CT molecular complexity index is 833. The summed E-state index contributed by atoms with van der Waals surface area (Å²) in [6.07, 6.45) is 0.897. The molecule has 1 aromatic heterocycles. The third-order valence-electron chi connectivity index (χ3n) is 3.16. The topological polar surface area (TPSA) is 90.2 Å². The Morgan fingerprint density at radius 2 is 1.78 bits per heavy atom. The van der Waals surface area contributed by atoms with Crippen LogP contribution < -0.4 is 10.0 Å². The second kappa shape index (κ2) is 6.33. The molecule has 0 saturated heterocycles. The van der Waals surface area contributed by atoms with Crippen molar-refractivity contribution < 1.29 is 22.3 Å². The molecular formula is C15H15FN2O4S. The van der Waals surface area contributed by atoms with E-state index in [4.69, 9.17) is 0 Å². The van der Waals surface area contributed by atoms with Crippen LogP contribution >= 0.6 is 0 Å². The van der Waals surface area contributed by atoms with E-state index >= 15 is 0 Å². The number of amides is 1. The highest BCUT2D eigenvalue weighted by molar-refractivity contribution is 7.91. The smallest absolute Gasteiger partial charge is 0.308 e. The Balaban J connectivity index is 2.26. The van der Waals surface area contributed by atoms with E-state index < -0.39 is 31.8 Å². The Labute approximate surface area is 133 Å². The summed E-state index contributed by atoms with van der Waals surface area (Å²) in [7, 11) is -3.74. The molecular weight excluding hydrogens is 323 g/mol. The van der Waals surface area contributed by atoms with Crippen molar-refractivity contribution in [2.75, 3.05) is 5.32 Å². The van der Waals surface area contributed by atoms with Gasteiger partial charge in [-0.3, -0.25) is 4.79 Å². The SMILES string of the molecule is CC(C)S(=O)(=O)c1ccc(C(=O)Nc2ccc(F)cc2)c[n+]1[O-]. The quantitative estimate of drug-likeness (QED) is 0.681. The number of sulfone groups is 1. The summed E-state index contributed by atoms with van der Waals surface area (Å²) in [5.41, 5.74) is 0.347. The van der Waals surface area contributed by atoms with Crippen molar-refractivity contribution in [3.05, 3.63) is 59.2 Å². The number of rotatable bonds is 4. The molecule has 0 fully saturated rings. The van der Waals surface area contributed by atoms with Crippen molar-refractivity contribution in [1.82, 2.24) is 0 Å². The number of hydrogen-bond acceptors (Lipinski definition) is 4. The van der Waals surface area contributed by atoms with Crippen molar-refractivity contribution in [3.8, 4) is 0 Å². The molecule has 0 aliphatic heterocycles. The lowest BCUT2D eigenvalue weighted by Crippen LogP contribution is -2.37. The van der Waals surface area contributed by atoms with Gasteiger partial charge in [0.15, 0.2) is 6.20 Å². The van der Waals surface area contributed by atoms with Gasteiger partial charge in [-0.05, 0) is 44.2 Å². The molecule has 2 rings (SSSR count). The largest absolute Gasteiger partial charge is 0.618 e. The number of benzene rings is 1. The standard InChI is InChI=1S/C15H15FN2O4S/c1-10(2)23(21,22)14-8-3-11(9-18(14)20)15(19)17-13-6-4-12(16)5-7-13/h3-10H,1-2H3,(H,17,19). The number of carbonyl (C=O) groups excluding carboxylic acids is 1. The zero-order chi connectivity index (χ0) is 17.2. The summed E-state index contributed by atoms with van der Waals surface area (Å²) < 4.78 is 37.0. The fraction of sp³-hybridized carbons (Fsp3) is 0.200. The number of nitrogens with zero attached hydrogens (tertiary/aromatic N) is 1. The lowest BCUT2D eigenvalue weighted by Gasteiger charge is -2.09. The van der Waals surface area contributed by atoms with Crippen LogP contribution in [-0.2, 0) is 9.84 Å². The summed E-state index contributed by atoms with van der Waals surface area (Å²) in [6, 6.07) is 7.46. The fourth-order valence-corrected chi connectivity index (χ4v) is 2.84. The number of pyridine rings is 1. The van der Waals surface area contributed by atoms with Crippen molar-refractivity contribution >= 4 is 21.4 Å². The van der Waals surface area contributed by atoms with E-state index in [1.807, 2.05) is 0 Å². The normalized spacial score (nSPS) is 11.5. The molecule has 23 heavy (non-hydrogen) atoms. The van der Waals surface area contributed by atoms with Gasteiger partial charge in [0, 0.05) is 11.8 Å². The van der Waals surface area contributed by atoms with Gasteiger partial charge in [-0.15, -0.1) is 0 Å². The minimum absolute atomic E-state index is 0.00738. The van der Waals surface area contributed by atoms with Crippen LogP contribution in [-0.4, -0.2) is 19.6 Å². The van der Waals surface area contributed by atoms with Crippen LogP contribution in [0.2, 0.25) is 0 Å². The fourth-order valence-electron chi connectivity index (χ4n) is 1.80. The minimum Gasteiger partial charge on any atom is -0.618 e. The molecule has 1 N–H and O–H groups in total. The molecule has 0 aliphatic carbocycles. The third kappa shape index (κ3) is 3.65. The first kappa shape index (κ1) is 16.9. The Kier molecular flexibility index (Phi) is 4.65. The number of halogens is 1. The van der Waals surface area contributed by atoms with Crippen LogP contribution in [0.4, 0.5) is 10.1 Å². The molecule has 0 saturated carbocycles. The predicted octanol–water partition coefficient (Wildman–Crippen LogP) is 1.89. The molecule has 1 aromatic carbocycles. The number of carbonyl (C=O) groups is 1. The van der Waals surface area contributed by atoms with E-state index in [1.165, 1.54) is 44.2 Å². The first-order valence-corrected chi connectivity index (χ1v) is 8.30. The summed E-state index contributed by atoms with van der Waals surface area (Å²) >= 11 is 0. The van der Waals surface area contributed by atoms with Crippen LogP contribution in [0.15, 0.2) is 47.6 Å². The van der Waals surface area contributed by atoms with Crippen molar-refractivity contribution in [1.29, 1.82) is 0 Å². The summed E-state index contributed by atoms with van der Waals surface area (Å²) in [5, 5.41) is 13.2. The lowest BCUT2D eigenvalue weighted by molar-refractivity contribution is -0.646. The average molecular weight is 338 g/mol. The molecule has 0 radical (unpaired) electrons. The number of anilines is 1. The average Bonchev–Trinajstić information content (AvgIpc) is 2.49. The van der Waals surface area contributed by atoms with Gasteiger partial charge in [-0.25, -0.2) is 12.8 Å². The first-order chi connectivity index (χ1) is 10.7. The molecule has 2 aromatic rings. The first-order valence-electron chi connectivity index (χ1n) is 6.76. The van der Waals surface area contributed by atoms with Gasteiger partial charge in [-0.2, -0.15) is 4.73 Å². The van der Waals surface area contributed by atoms with Gasteiger partial charge >= 0.3 is 5.03 Å². The van der Waals surface area contributed by atoms with E-state index in [0.29, 0.717) is 5.69 Å². The van der Waals surface area contributed by atoms with Gasteiger partial charge in [-0.1, -0.05) is 0 Å². The van der Waals surface area contributed by atoms with Gasteiger partial charge in [0.2, 0.25) is 9.84 Å². The van der Waals surface area contributed by atoms with Crippen molar-refractivity contribution in [2.45, 2.75) is 24.1 Å². The van der Waals surface area contributed by atoms with E-state index in [-0.39, 0.29) is 10.3 Å². The lowest BCUT2D eigenvalue weighted by atomic mass is 10.2. The van der Waals surface area contributed by atoms with Crippen LogP contribution in [0.5, 0.6) is 0 Å². The zero-order valence-corrected chi connectivity index (χ0v) is 13.3. The van der Waals surface area contributed by atoms with Crippen molar-refractivity contribution in [2.24, 2.45) is 0 Å². The molecule has 8 heteroatoms. The maximum absolute atomic E-state index is 12.8. The Morgan fingerprint density at radius 1 is 1.17 bits per heavy atom. The maximum atomic E-state index is 12.8. The van der Waals surface area contributed by atoms with E-state index in [9.17, 15) is 22.8 Å². The molecule has 122 valence electrons. The van der Waals surface area contributed by atoms with E-state index in [1.54, 1.807) is 0 Å². The Morgan fingerprint density at radius 3 is 2.30 bits per heavy atom. The summed E-state index contributed by atoms with van der Waals surface area (Å²) in [6.45, 7) is 2.93. The molecule has 0 aliphatic rings. The van der Waals surface area contributed by atoms with Gasteiger partial charge in [0.25, 0.3) is 5.91 Å². The summed E-state index contributed by atoms with van der Waals surface area (Å²) in [5.74, 6) is -1.04. The van der Waals surface area contributed by atoms with Crippen LogP contribution in [0.3, 0.4) is 0 Å². The molecule has 6 nitrogen and oxygen atoms in total. The second-order valence-electron chi connectivity index (χ2n) is 5.14. The third-order valence-corrected chi connectivity index (χ3v) is 5.30. The van der Waals surface area contributed by atoms with Gasteiger partial charge in [0.1, 0.15) is 11.4 Å². The number of aromatic nitrogens is 1. The maximum Gasteiger partial charge on any atom is 0.308 e. The number of nitrogens with one attached hydrogen (secondary N) is 1. The predicted molar refractivity (Wildman–Crippen MR) is 82.1 cm³/mol. The molecule has 1 heterocycles.